The molecule has 0 N–H and O–H groups in total. The van der Waals surface area contributed by atoms with Crippen molar-refractivity contribution in [1.82, 2.24) is 0 Å². The van der Waals surface area contributed by atoms with Crippen molar-refractivity contribution in [2.45, 2.75) is 19.3 Å². The summed E-state index contributed by atoms with van der Waals surface area (Å²) < 4.78 is 0. The Morgan fingerprint density at radius 2 is 1.68 bits per heavy atom. The molecule has 2 aromatic rings. The lowest BCUT2D eigenvalue weighted by atomic mass is 9.79. The molecule has 1 atom stereocenters. The molecular weight excluding hydrogens is 232 g/mol. The van der Waals surface area contributed by atoms with Gasteiger partial charge in [-0.15, -0.1) is 0 Å². The number of benzene rings is 2. The molecular formula is C18H16O. The summed E-state index contributed by atoms with van der Waals surface area (Å²) in [6, 6.07) is 18.0. The zero-order valence-corrected chi connectivity index (χ0v) is 11.0. The largest absolute Gasteiger partial charge is 0.289 e. The number of Topliss-reactive ketones (excluding diaryl/α,β-unsaturated/α-hetero) is 1. The fourth-order valence-electron chi connectivity index (χ4n) is 2.71. The Balaban J connectivity index is 2.03. The normalized spacial score (nSPS) is 20.4. The maximum Gasteiger partial charge on any atom is 0.189 e. The molecule has 0 heterocycles. The molecule has 0 spiro atoms. The third-order valence-electron chi connectivity index (χ3n) is 3.69. The van der Waals surface area contributed by atoms with Gasteiger partial charge in [0.2, 0.25) is 0 Å². The first-order valence-electron chi connectivity index (χ1n) is 6.65. The van der Waals surface area contributed by atoms with Crippen LogP contribution in [0.5, 0.6) is 0 Å². The lowest BCUT2D eigenvalue weighted by molar-refractivity contribution is 0.102. The van der Waals surface area contributed by atoms with E-state index in [1.54, 1.807) is 0 Å². The first-order valence-corrected chi connectivity index (χ1v) is 6.65. The van der Waals surface area contributed by atoms with Crippen LogP contribution in [0.2, 0.25) is 0 Å². The molecule has 1 aliphatic rings. The third-order valence-corrected chi connectivity index (χ3v) is 3.69. The van der Waals surface area contributed by atoms with Crippen LogP contribution < -0.4 is 0 Å². The molecule has 19 heavy (non-hydrogen) atoms. The van der Waals surface area contributed by atoms with Crippen LogP contribution in [0.1, 0.15) is 40.7 Å². The average Bonchev–Trinajstić information content (AvgIpc) is 2.46. The minimum atomic E-state index is 0.178. The van der Waals surface area contributed by atoms with Gasteiger partial charge in [0.15, 0.2) is 5.78 Å². The van der Waals surface area contributed by atoms with Gasteiger partial charge in [-0.05, 0) is 29.5 Å². The van der Waals surface area contributed by atoms with E-state index < -0.39 is 0 Å². The van der Waals surface area contributed by atoms with Gasteiger partial charge >= 0.3 is 0 Å². The molecule has 94 valence electrons. The number of ketones is 1. The molecule has 1 nitrogen and oxygen atoms in total. The fraction of sp³-hybridized carbons (Fsp3) is 0.167. The van der Waals surface area contributed by atoms with Crippen LogP contribution in [-0.4, -0.2) is 5.78 Å². The van der Waals surface area contributed by atoms with Gasteiger partial charge in [0, 0.05) is 11.1 Å². The van der Waals surface area contributed by atoms with Crippen molar-refractivity contribution < 1.29 is 4.79 Å². The van der Waals surface area contributed by atoms with E-state index in [4.69, 9.17) is 0 Å². The van der Waals surface area contributed by atoms with E-state index in [1.165, 1.54) is 5.56 Å². The molecule has 2 aromatic carbocycles. The topological polar surface area (TPSA) is 17.1 Å². The van der Waals surface area contributed by atoms with Crippen LogP contribution in [0.25, 0.3) is 6.08 Å². The number of hydrogen-bond donors (Lipinski definition) is 0. The van der Waals surface area contributed by atoms with Gasteiger partial charge in [0.25, 0.3) is 0 Å². The Morgan fingerprint density at radius 3 is 2.47 bits per heavy atom. The highest BCUT2D eigenvalue weighted by Gasteiger charge is 2.26. The zero-order chi connectivity index (χ0) is 13.2. The maximum atomic E-state index is 12.5. The molecule has 0 radical (unpaired) electrons. The van der Waals surface area contributed by atoms with Crippen molar-refractivity contribution in [3.8, 4) is 0 Å². The van der Waals surface area contributed by atoms with Crippen molar-refractivity contribution in [2.24, 2.45) is 0 Å². The van der Waals surface area contributed by atoms with E-state index in [9.17, 15) is 4.79 Å². The summed E-state index contributed by atoms with van der Waals surface area (Å²) in [6.45, 7) is 2.18. The fourth-order valence-corrected chi connectivity index (χ4v) is 2.71. The van der Waals surface area contributed by atoms with E-state index in [2.05, 4.69) is 13.0 Å². The lowest BCUT2D eigenvalue weighted by Gasteiger charge is -2.23. The highest BCUT2D eigenvalue weighted by Crippen LogP contribution is 2.34. The minimum absolute atomic E-state index is 0.178. The summed E-state index contributed by atoms with van der Waals surface area (Å²) in [4.78, 5) is 12.5. The third kappa shape index (κ3) is 2.24. The summed E-state index contributed by atoms with van der Waals surface area (Å²) >= 11 is 0. The van der Waals surface area contributed by atoms with Gasteiger partial charge in [0.05, 0.1) is 0 Å². The van der Waals surface area contributed by atoms with Gasteiger partial charge in [-0.1, -0.05) is 61.5 Å². The highest BCUT2D eigenvalue weighted by atomic mass is 16.1. The Kier molecular flexibility index (Phi) is 3.04. The van der Waals surface area contributed by atoms with E-state index in [1.807, 2.05) is 54.6 Å². The molecule has 0 amide bonds. The Labute approximate surface area is 113 Å². The van der Waals surface area contributed by atoms with E-state index in [0.717, 1.165) is 23.1 Å². The minimum Gasteiger partial charge on any atom is -0.289 e. The maximum absolute atomic E-state index is 12.5. The van der Waals surface area contributed by atoms with Gasteiger partial charge in [0.1, 0.15) is 0 Å². The van der Waals surface area contributed by atoms with E-state index >= 15 is 0 Å². The average molecular weight is 248 g/mol. The van der Waals surface area contributed by atoms with Crippen molar-refractivity contribution >= 4 is 11.9 Å². The van der Waals surface area contributed by atoms with Crippen LogP contribution in [0.4, 0.5) is 0 Å². The number of rotatable bonds is 1. The van der Waals surface area contributed by atoms with Gasteiger partial charge in [-0.3, -0.25) is 4.79 Å². The summed E-state index contributed by atoms with van der Waals surface area (Å²) in [6.07, 6.45) is 2.85. The predicted molar refractivity (Wildman–Crippen MR) is 78.2 cm³/mol. The Bertz CT molecular complexity index is 638. The Hall–Kier alpha value is -2.15. The lowest BCUT2D eigenvalue weighted by Crippen LogP contribution is -2.16. The SMILES string of the molecule is CC1C/C(=C/c2ccccc2)C(=O)c2ccccc21. The van der Waals surface area contributed by atoms with Crippen molar-refractivity contribution in [2.75, 3.05) is 0 Å². The Morgan fingerprint density at radius 1 is 1.00 bits per heavy atom. The van der Waals surface area contributed by atoms with Crippen molar-refractivity contribution in [3.63, 3.8) is 0 Å². The van der Waals surface area contributed by atoms with Crippen LogP contribution in [0, 0.1) is 0 Å². The smallest absolute Gasteiger partial charge is 0.189 e. The van der Waals surface area contributed by atoms with Crippen LogP contribution in [0.15, 0.2) is 60.2 Å². The predicted octanol–water partition coefficient (Wildman–Crippen LogP) is 4.46. The molecule has 0 fully saturated rings. The molecule has 3 rings (SSSR count). The van der Waals surface area contributed by atoms with E-state index in [-0.39, 0.29) is 5.78 Å². The number of hydrogen-bond acceptors (Lipinski definition) is 1. The number of carbonyl (C=O) groups is 1. The summed E-state index contributed by atoms with van der Waals surface area (Å²) in [5, 5.41) is 0. The highest BCUT2D eigenvalue weighted by molar-refractivity contribution is 6.13. The monoisotopic (exact) mass is 248 g/mol. The summed E-state index contributed by atoms with van der Waals surface area (Å²) in [7, 11) is 0. The van der Waals surface area contributed by atoms with Crippen molar-refractivity contribution in [3.05, 3.63) is 76.9 Å². The first-order chi connectivity index (χ1) is 9.25. The number of carbonyl (C=O) groups excluding carboxylic acids is 1. The van der Waals surface area contributed by atoms with Crippen LogP contribution >= 0.6 is 0 Å². The zero-order valence-electron chi connectivity index (χ0n) is 11.0. The van der Waals surface area contributed by atoms with Crippen molar-refractivity contribution in [1.29, 1.82) is 0 Å². The molecule has 1 aliphatic carbocycles. The second-order valence-corrected chi connectivity index (χ2v) is 5.10. The molecule has 1 unspecified atom stereocenters. The van der Waals surface area contributed by atoms with Crippen LogP contribution in [0.3, 0.4) is 0 Å². The summed E-state index contributed by atoms with van der Waals surface area (Å²) in [5.41, 5.74) is 4.05. The molecule has 0 bridgehead atoms. The molecule has 0 aromatic heterocycles. The van der Waals surface area contributed by atoms with Gasteiger partial charge in [-0.2, -0.15) is 0 Å². The van der Waals surface area contributed by atoms with Gasteiger partial charge in [-0.25, -0.2) is 0 Å². The van der Waals surface area contributed by atoms with Crippen LogP contribution in [-0.2, 0) is 0 Å². The molecule has 0 saturated carbocycles. The quantitative estimate of drug-likeness (QED) is 0.681. The second kappa shape index (κ2) is 4.85. The van der Waals surface area contributed by atoms with E-state index in [0.29, 0.717) is 5.92 Å². The summed E-state index contributed by atoms with van der Waals surface area (Å²) in [5.74, 6) is 0.585. The first kappa shape index (κ1) is 11.9. The number of allylic oxidation sites excluding steroid dienone is 1. The molecule has 0 saturated heterocycles. The molecule has 0 aliphatic heterocycles. The second-order valence-electron chi connectivity index (χ2n) is 5.10. The number of fused-ring (bicyclic) bond motifs is 1. The standard InChI is InChI=1S/C18H16O/c1-13-11-15(12-14-7-3-2-4-8-14)18(19)17-10-6-5-9-16(13)17/h2-10,12-13H,11H2,1H3/b15-12-. The molecule has 1 heteroatoms. The van der Waals surface area contributed by atoms with Gasteiger partial charge < -0.3 is 0 Å².